The van der Waals surface area contributed by atoms with Gasteiger partial charge in [-0.1, -0.05) is 30.3 Å². The van der Waals surface area contributed by atoms with Crippen LogP contribution in [0.1, 0.15) is 29.7 Å². The van der Waals surface area contributed by atoms with Gasteiger partial charge in [0.2, 0.25) is 11.8 Å². The third-order valence-corrected chi connectivity index (χ3v) is 5.82. The monoisotopic (exact) mass is 452 g/mol. The van der Waals surface area contributed by atoms with Crippen LogP contribution in [0.2, 0.25) is 0 Å². The second-order valence-electron chi connectivity index (χ2n) is 8.04. The second kappa shape index (κ2) is 8.45. The number of nitrogens with zero attached hydrogens (tertiary/aromatic N) is 5. The molecule has 0 saturated carbocycles. The number of nitrogens with two attached hydrogens (primary N) is 1. The van der Waals surface area contributed by atoms with Crippen LogP contribution in [0.5, 0.6) is 11.6 Å². The Morgan fingerprint density at radius 2 is 1.85 bits per heavy atom. The number of fused-ring (bicyclic) bond motifs is 1. The van der Waals surface area contributed by atoms with Crippen molar-refractivity contribution in [2.45, 2.75) is 19.8 Å². The van der Waals surface area contributed by atoms with Crippen LogP contribution in [0, 0.1) is 18.3 Å². The second-order valence-corrected chi connectivity index (χ2v) is 8.04. The number of benzene rings is 2. The number of nitriles is 1. The molecule has 2 aromatic carbocycles. The van der Waals surface area contributed by atoms with Gasteiger partial charge in [-0.25, -0.2) is 0 Å². The Hall–Kier alpha value is -4.51. The van der Waals surface area contributed by atoms with E-state index in [2.05, 4.69) is 11.2 Å². The summed E-state index contributed by atoms with van der Waals surface area (Å²) in [5.41, 5.74) is 11.5. The Kier molecular flexibility index (Phi) is 5.30. The highest BCUT2D eigenvalue weighted by Gasteiger charge is 2.38. The highest BCUT2D eigenvalue weighted by atomic mass is 16.5. The van der Waals surface area contributed by atoms with Crippen LogP contribution >= 0.6 is 0 Å². The lowest BCUT2D eigenvalue weighted by atomic mass is 9.83. The first-order chi connectivity index (χ1) is 16.5. The van der Waals surface area contributed by atoms with Crippen molar-refractivity contribution in [1.82, 2.24) is 19.6 Å². The lowest BCUT2D eigenvalue weighted by molar-refractivity contribution is 0.340. The molecule has 8 heteroatoms. The van der Waals surface area contributed by atoms with Gasteiger partial charge < -0.3 is 15.2 Å². The summed E-state index contributed by atoms with van der Waals surface area (Å²) < 4.78 is 15.2. The molecule has 1 unspecified atom stereocenters. The van der Waals surface area contributed by atoms with E-state index in [0.29, 0.717) is 23.8 Å². The van der Waals surface area contributed by atoms with Crippen LogP contribution in [-0.2, 0) is 7.05 Å². The maximum atomic E-state index is 10.1. The summed E-state index contributed by atoms with van der Waals surface area (Å²) in [5.74, 6) is 0.845. The average Bonchev–Trinajstić information content (AvgIpc) is 3.38. The van der Waals surface area contributed by atoms with Crippen molar-refractivity contribution in [2.24, 2.45) is 12.8 Å². The van der Waals surface area contributed by atoms with Gasteiger partial charge in [-0.3, -0.25) is 4.68 Å². The molecule has 0 fully saturated rings. The molecule has 5 rings (SSSR count). The molecule has 8 nitrogen and oxygen atoms in total. The molecule has 170 valence electrons. The summed E-state index contributed by atoms with van der Waals surface area (Å²) in [5, 5.41) is 19.5. The minimum absolute atomic E-state index is 0.0682. The van der Waals surface area contributed by atoms with Crippen molar-refractivity contribution in [2.75, 3.05) is 6.61 Å². The fourth-order valence-electron chi connectivity index (χ4n) is 4.36. The molecule has 34 heavy (non-hydrogen) atoms. The van der Waals surface area contributed by atoms with Crippen molar-refractivity contribution in [1.29, 1.82) is 5.26 Å². The van der Waals surface area contributed by atoms with E-state index in [9.17, 15) is 5.26 Å². The Labute approximate surface area is 197 Å². The van der Waals surface area contributed by atoms with Gasteiger partial charge in [-0.2, -0.15) is 20.1 Å². The highest BCUT2D eigenvalue weighted by Crippen LogP contribution is 2.47. The van der Waals surface area contributed by atoms with Crippen LogP contribution < -0.4 is 15.2 Å². The number of aromatic nitrogens is 4. The first-order valence-electron chi connectivity index (χ1n) is 11.0. The zero-order valence-corrected chi connectivity index (χ0v) is 19.2. The molecule has 4 aromatic rings. The number of aryl methyl sites for hydroxylation is 2. The van der Waals surface area contributed by atoms with Gasteiger partial charge in [0.05, 0.1) is 35.2 Å². The van der Waals surface area contributed by atoms with Crippen LogP contribution in [0.25, 0.3) is 17.1 Å². The zero-order chi connectivity index (χ0) is 23.8. The summed E-state index contributed by atoms with van der Waals surface area (Å²) in [6.45, 7) is 4.45. The molecular weight excluding hydrogens is 428 g/mol. The topological polar surface area (TPSA) is 104 Å². The van der Waals surface area contributed by atoms with E-state index in [-0.39, 0.29) is 5.88 Å². The van der Waals surface area contributed by atoms with E-state index in [1.54, 1.807) is 9.36 Å². The Bertz CT molecular complexity index is 1420. The summed E-state index contributed by atoms with van der Waals surface area (Å²) in [6.07, 6.45) is 0. The number of hydrogen-bond donors (Lipinski definition) is 1. The lowest BCUT2D eigenvalue weighted by Crippen LogP contribution is -2.22. The molecule has 3 heterocycles. The number of hydrogen-bond acceptors (Lipinski definition) is 6. The van der Waals surface area contributed by atoms with Gasteiger partial charge in [0.1, 0.15) is 23.1 Å². The number of para-hydroxylation sites is 1. The van der Waals surface area contributed by atoms with Crippen LogP contribution in [0.4, 0.5) is 0 Å². The van der Waals surface area contributed by atoms with E-state index < -0.39 is 5.92 Å². The largest absolute Gasteiger partial charge is 0.494 e. The predicted molar refractivity (Wildman–Crippen MR) is 127 cm³/mol. The van der Waals surface area contributed by atoms with Gasteiger partial charge in [0.25, 0.3) is 0 Å². The van der Waals surface area contributed by atoms with E-state index in [0.717, 1.165) is 34.0 Å². The molecule has 0 aliphatic carbocycles. The highest BCUT2D eigenvalue weighted by molar-refractivity contribution is 5.70. The third kappa shape index (κ3) is 3.48. The molecule has 2 N–H and O–H groups in total. The fraction of sp³-hybridized carbons (Fsp3) is 0.192. The van der Waals surface area contributed by atoms with Crippen LogP contribution in [0.3, 0.4) is 0 Å². The summed E-state index contributed by atoms with van der Waals surface area (Å²) in [4.78, 5) is 0. The van der Waals surface area contributed by atoms with E-state index >= 15 is 0 Å². The molecule has 0 radical (unpaired) electrons. The zero-order valence-electron chi connectivity index (χ0n) is 19.2. The average molecular weight is 453 g/mol. The number of ether oxygens (including phenoxy) is 2. The minimum atomic E-state index is -0.466. The summed E-state index contributed by atoms with van der Waals surface area (Å²) >= 11 is 0. The quantitative estimate of drug-likeness (QED) is 0.487. The Morgan fingerprint density at radius 1 is 1.12 bits per heavy atom. The van der Waals surface area contributed by atoms with Gasteiger partial charge in [0.15, 0.2) is 0 Å². The SMILES string of the molecule is CCOc1ccc(C2C(C#N)=C(N)Oc3c2c(-c2cc(C)nn2C)nn3-c2ccccc2)cc1. The predicted octanol–water partition coefficient (Wildman–Crippen LogP) is 4.20. The van der Waals surface area contributed by atoms with Crippen molar-refractivity contribution >= 4 is 0 Å². The van der Waals surface area contributed by atoms with E-state index in [4.69, 9.17) is 20.3 Å². The maximum Gasteiger partial charge on any atom is 0.229 e. The minimum Gasteiger partial charge on any atom is -0.494 e. The molecule has 0 spiro atoms. The molecule has 1 aliphatic heterocycles. The molecule has 2 aromatic heterocycles. The van der Waals surface area contributed by atoms with Gasteiger partial charge >= 0.3 is 0 Å². The smallest absolute Gasteiger partial charge is 0.229 e. The number of rotatable bonds is 5. The van der Waals surface area contributed by atoms with Gasteiger partial charge in [0, 0.05) is 7.05 Å². The van der Waals surface area contributed by atoms with E-state index in [1.807, 2.05) is 81.6 Å². The Balaban J connectivity index is 1.79. The van der Waals surface area contributed by atoms with Crippen LogP contribution in [0.15, 0.2) is 72.1 Å². The Morgan fingerprint density at radius 3 is 2.47 bits per heavy atom. The number of allylic oxidation sites excluding steroid dienone is 1. The summed E-state index contributed by atoms with van der Waals surface area (Å²) in [7, 11) is 1.88. The standard InChI is InChI=1S/C26H24N6O2/c1-4-33-19-12-10-17(11-13-19)22-20(15-27)25(28)34-26-23(22)24(21-14-16(2)29-31(21)3)30-32(26)18-8-6-5-7-9-18/h5-14,22H,4,28H2,1-3H3. The van der Waals surface area contributed by atoms with Crippen molar-refractivity contribution in [3.8, 4) is 34.8 Å². The molecule has 1 atom stereocenters. The van der Waals surface area contributed by atoms with Crippen LogP contribution in [-0.4, -0.2) is 26.2 Å². The van der Waals surface area contributed by atoms with Crippen molar-refractivity contribution in [3.05, 3.63) is 88.9 Å². The maximum absolute atomic E-state index is 10.1. The summed E-state index contributed by atoms with van der Waals surface area (Å²) in [6, 6.07) is 21.6. The van der Waals surface area contributed by atoms with E-state index in [1.165, 1.54) is 0 Å². The third-order valence-electron chi connectivity index (χ3n) is 5.82. The van der Waals surface area contributed by atoms with Crippen molar-refractivity contribution in [3.63, 3.8) is 0 Å². The molecule has 1 aliphatic rings. The lowest BCUT2D eigenvalue weighted by Gasteiger charge is -2.25. The molecule has 0 bridgehead atoms. The van der Waals surface area contributed by atoms with Gasteiger partial charge in [-0.05, 0) is 49.7 Å². The normalized spacial score (nSPS) is 14.9. The first kappa shape index (κ1) is 21.3. The van der Waals surface area contributed by atoms with Crippen molar-refractivity contribution < 1.29 is 9.47 Å². The first-order valence-corrected chi connectivity index (χ1v) is 11.0. The fourth-order valence-corrected chi connectivity index (χ4v) is 4.36. The molecule has 0 saturated heterocycles. The van der Waals surface area contributed by atoms with Gasteiger partial charge in [-0.15, -0.1) is 0 Å². The molecule has 0 amide bonds. The molecular formula is C26H24N6O2.